The van der Waals surface area contributed by atoms with E-state index in [1.807, 2.05) is 0 Å². The molecule has 24 heavy (non-hydrogen) atoms. The number of hydrogen-bond acceptors (Lipinski definition) is 3. The molecule has 0 spiro atoms. The number of carbonyl (C=O) groups is 1. The Kier molecular flexibility index (Phi) is 6.67. The third kappa shape index (κ3) is 5.32. The van der Waals surface area contributed by atoms with Gasteiger partial charge in [-0.05, 0) is 57.4 Å². The Bertz CT molecular complexity index is 491. The van der Waals surface area contributed by atoms with Gasteiger partial charge < -0.3 is 10.2 Å². The number of nitrogens with zero attached hydrogens (tertiary/aromatic N) is 2. The number of piperidine rings is 2. The molecule has 4 heteroatoms. The Labute approximate surface area is 146 Å². The maximum absolute atomic E-state index is 12.4. The van der Waals surface area contributed by atoms with Gasteiger partial charge in [0, 0.05) is 25.6 Å². The van der Waals surface area contributed by atoms with Crippen molar-refractivity contribution in [3.8, 4) is 0 Å². The van der Waals surface area contributed by atoms with E-state index in [0.717, 1.165) is 45.6 Å². The van der Waals surface area contributed by atoms with Crippen molar-refractivity contribution in [2.75, 3.05) is 39.3 Å². The van der Waals surface area contributed by atoms with Gasteiger partial charge in [-0.3, -0.25) is 9.69 Å². The maximum Gasteiger partial charge on any atom is 0.223 e. The predicted molar refractivity (Wildman–Crippen MR) is 97.7 cm³/mol. The highest BCUT2D eigenvalue weighted by atomic mass is 16.1. The van der Waals surface area contributed by atoms with Crippen molar-refractivity contribution in [3.05, 3.63) is 35.9 Å². The van der Waals surface area contributed by atoms with Crippen LogP contribution in [0.5, 0.6) is 0 Å². The zero-order valence-electron chi connectivity index (χ0n) is 14.8. The van der Waals surface area contributed by atoms with Gasteiger partial charge in [-0.1, -0.05) is 36.8 Å². The van der Waals surface area contributed by atoms with Gasteiger partial charge in [-0.15, -0.1) is 0 Å². The van der Waals surface area contributed by atoms with E-state index >= 15 is 0 Å². The number of nitrogens with one attached hydrogen (secondary N) is 1. The van der Waals surface area contributed by atoms with Crippen LogP contribution in [-0.4, -0.2) is 55.0 Å². The first-order valence-electron chi connectivity index (χ1n) is 9.57. The molecule has 3 rings (SSSR count). The minimum atomic E-state index is 0.207. The van der Waals surface area contributed by atoms with Crippen molar-refractivity contribution < 1.29 is 4.79 Å². The fourth-order valence-corrected chi connectivity index (χ4v) is 3.86. The third-order valence-corrected chi connectivity index (χ3v) is 5.38. The van der Waals surface area contributed by atoms with Crippen LogP contribution in [0, 0.1) is 5.92 Å². The first-order valence-corrected chi connectivity index (χ1v) is 9.57. The molecular weight excluding hydrogens is 298 g/mol. The summed E-state index contributed by atoms with van der Waals surface area (Å²) in [6.45, 7) is 7.28. The smallest absolute Gasteiger partial charge is 0.223 e. The number of benzene rings is 1. The van der Waals surface area contributed by atoms with Crippen molar-refractivity contribution >= 4 is 5.91 Å². The van der Waals surface area contributed by atoms with Crippen molar-refractivity contribution in [3.63, 3.8) is 0 Å². The Morgan fingerprint density at radius 1 is 0.958 bits per heavy atom. The summed E-state index contributed by atoms with van der Waals surface area (Å²) in [4.78, 5) is 17.3. The van der Waals surface area contributed by atoms with E-state index in [2.05, 4.69) is 45.4 Å². The Hall–Kier alpha value is -1.39. The van der Waals surface area contributed by atoms with Crippen LogP contribution in [0.2, 0.25) is 0 Å². The van der Waals surface area contributed by atoms with Crippen molar-refractivity contribution in [2.24, 2.45) is 5.92 Å². The van der Waals surface area contributed by atoms with Gasteiger partial charge in [0.25, 0.3) is 0 Å². The van der Waals surface area contributed by atoms with E-state index in [1.165, 1.54) is 37.9 Å². The summed E-state index contributed by atoms with van der Waals surface area (Å²) in [5.74, 6) is 0.477. The molecule has 4 nitrogen and oxygen atoms in total. The van der Waals surface area contributed by atoms with Crippen LogP contribution in [0.15, 0.2) is 30.3 Å². The fourth-order valence-electron chi connectivity index (χ4n) is 3.86. The summed E-state index contributed by atoms with van der Waals surface area (Å²) in [5, 5.41) is 3.17. The van der Waals surface area contributed by atoms with Gasteiger partial charge in [0.15, 0.2) is 0 Å². The second kappa shape index (κ2) is 9.19. The van der Waals surface area contributed by atoms with Crippen molar-refractivity contribution in [2.45, 2.75) is 38.6 Å². The lowest BCUT2D eigenvalue weighted by Crippen LogP contribution is -2.43. The van der Waals surface area contributed by atoms with Gasteiger partial charge in [-0.2, -0.15) is 0 Å². The van der Waals surface area contributed by atoms with Crippen LogP contribution in [0.4, 0.5) is 0 Å². The molecule has 2 saturated heterocycles. The summed E-state index contributed by atoms with van der Waals surface area (Å²) in [6.07, 6.45) is 5.97. The zero-order valence-corrected chi connectivity index (χ0v) is 14.8. The second-order valence-electron chi connectivity index (χ2n) is 7.23. The highest BCUT2D eigenvalue weighted by Gasteiger charge is 2.24. The van der Waals surface area contributed by atoms with Crippen LogP contribution in [0.3, 0.4) is 0 Å². The quantitative estimate of drug-likeness (QED) is 0.871. The molecule has 2 aliphatic heterocycles. The standard InChI is InChI=1S/C20H31N3O/c24-20(21-11-16-22-12-5-2-6-13-22)19-9-14-23(15-10-19)17-18-7-3-1-4-8-18/h1,3-4,7-8,19H,2,5-6,9-17H2,(H,21,24). The molecule has 0 radical (unpaired) electrons. The summed E-state index contributed by atoms with van der Waals surface area (Å²) in [7, 11) is 0. The number of likely N-dealkylation sites (tertiary alicyclic amines) is 2. The first kappa shape index (κ1) is 17.4. The minimum Gasteiger partial charge on any atom is -0.355 e. The molecule has 1 aromatic carbocycles. The molecule has 1 amide bonds. The molecule has 2 fully saturated rings. The van der Waals surface area contributed by atoms with Crippen LogP contribution >= 0.6 is 0 Å². The van der Waals surface area contributed by atoms with Crippen LogP contribution in [0.1, 0.15) is 37.7 Å². The summed E-state index contributed by atoms with van der Waals surface area (Å²) in [5.41, 5.74) is 1.36. The van der Waals surface area contributed by atoms with Gasteiger partial charge in [0.05, 0.1) is 0 Å². The average molecular weight is 329 g/mol. The average Bonchev–Trinajstić information content (AvgIpc) is 2.64. The van der Waals surface area contributed by atoms with Crippen molar-refractivity contribution in [1.29, 1.82) is 0 Å². The minimum absolute atomic E-state index is 0.207. The number of amides is 1. The van der Waals surface area contributed by atoms with Crippen LogP contribution in [0.25, 0.3) is 0 Å². The normalized spacial score (nSPS) is 20.8. The summed E-state index contributed by atoms with van der Waals surface area (Å²) < 4.78 is 0. The summed E-state index contributed by atoms with van der Waals surface area (Å²) >= 11 is 0. The van der Waals surface area contributed by atoms with Gasteiger partial charge >= 0.3 is 0 Å². The first-order chi connectivity index (χ1) is 11.8. The topological polar surface area (TPSA) is 35.6 Å². The fraction of sp³-hybridized carbons (Fsp3) is 0.650. The monoisotopic (exact) mass is 329 g/mol. The zero-order chi connectivity index (χ0) is 16.6. The molecule has 0 unspecified atom stereocenters. The second-order valence-corrected chi connectivity index (χ2v) is 7.23. The number of carbonyl (C=O) groups excluding carboxylic acids is 1. The largest absolute Gasteiger partial charge is 0.355 e. The highest BCUT2D eigenvalue weighted by Crippen LogP contribution is 2.19. The number of rotatable bonds is 6. The lowest BCUT2D eigenvalue weighted by atomic mass is 9.95. The molecule has 0 aliphatic carbocycles. The van der Waals surface area contributed by atoms with Crippen LogP contribution in [-0.2, 0) is 11.3 Å². The predicted octanol–water partition coefficient (Wildman–Crippen LogP) is 2.50. The molecule has 2 heterocycles. The molecule has 0 saturated carbocycles. The SMILES string of the molecule is O=C(NCCN1CCCCC1)C1CCN(Cc2ccccc2)CC1. The van der Waals surface area contributed by atoms with E-state index in [-0.39, 0.29) is 11.8 Å². The number of hydrogen-bond donors (Lipinski definition) is 1. The lowest BCUT2D eigenvalue weighted by molar-refractivity contribution is -0.126. The Balaban J connectivity index is 1.32. The van der Waals surface area contributed by atoms with Gasteiger partial charge in [-0.25, -0.2) is 0 Å². The molecule has 0 atom stereocenters. The molecule has 0 aromatic heterocycles. The Morgan fingerprint density at radius 3 is 2.38 bits per heavy atom. The van der Waals surface area contributed by atoms with Crippen molar-refractivity contribution in [1.82, 2.24) is 15.1 Å². The van der Waals surface area contributed by atoms with Crippen LogP contribution < -0.4 is 5.32 Å². The van der Waals surface area contributed by atoms with Gasteiger partial charge in [0.1, 0.15) is 0 Å². The highest BCUT2D eigenvalue weighted by molar-refractivity contribution is 5.78. The lowest BCUT2D eigenvalue weighted by Gasteiger charge is -2.31. The van der Waals surface area contributed by atoms with E-state index < -0.39 is 0 Å². The third-order valence-electron chi connectivity index (χ3n) is 5.38. The maximum atomic E-state index is 12.4. The van der Waals surface area contributed by atoms with E-state index in [1.54, 1.807) is 0 Å². The molecule has 2 aliphatic rings. The van der Waals surface area contributed by atoms with Gasteiger partial charge in [0.2, 0.25) is 5.91 Å². The van der Waals surface area contributed by atoms with E-state index in [9.17, 15) is 4.79 Å². The van der Waals surface area contributed by atoms with E-state index in [0.29, 0.717) is 0 Å². The van der Waals surface area contributed by atoms with E-state index in [4.69, 9.17) is 0 Å². The molecule has 1 aromatic rings. The molecule has 1 N–H and O–H groups in total. The molecular formula is C20H31N3O. The molecule has 0 bridgehead atoms. The Morgan fingerprint density at radius 2 is 1.67 bits per heavy atom. The molecule has 132 valence electrons. The summed E-state index contributed by atoms with van der Waals surface area (Å²) in [6, 6.07) is 10.6.